The maximum absolute atomic E-state index is 12.3. The molecule has 1 aromatic heterocycles. The van der Waals surface area contributed by atoms with Gasteiger partial charge in [0.2, 0.25) is 0 Å². The van der Waals surface area contributed by atoms with Gasteiger partial charge in [0.05, 0.1) is 0 Å². The molecule has 6 heteroatoms. The minimum atomic E-state index is -0.212. The number of fused-ring (bicyclic) bond motifs is 1. The number of nitrogens with zero attached hydrogens (tertiary/aromatic N) is 3. The van der Waals surface area contributed by atoms with Crippen molar-refractivity contribution in [1.29, 1.82) is 0 Å². The van der Waals surface area contributed by atoms with Gasteiger partial charge in [-0.3, -0.25) is 14.3 Å². The van der Waals surface area contributed by atoms with Crippen LogP contribution >= 0.6 is 0 Å². The Kier molecular flexibility index (Phi) is 3.80. The number of anilines is 1. The minimum absolute atomic E-state index is 0.0657. The van der Waals surface area contributed by atoms with E-state index in [1.807, 2.05) is 15.6 Å². The number of carbonyl (C=O) groups excluding carboxylic acids is 2. The van der Waals surface area contributed by atoms with E-state index in [1.165, 1.54) is 0 Å². The highest BCUT2D eigenvalue weighted by atomic mass is 16.2. The number of likely N-dealkylation sites (tertiary alicyclic amines) is 1. The second kappa shape index (κ2) is 6.11. The first-order valence-electron chi connectivity index (χ1n) is 8.48. The molecule has 2 aromatic rings. The van der Waals surface area contributed by atoms with Crippen molar-refractivity contribution in [1.82, 2.24) is 14.7 Å². The first kappa shape index (κ1) is 14.9. The smallest absolute Gasteiger partial charge is 0.276 e. The standard InChI is InChI=1S/C18H20N4O2/c23-17(16-12-15-4-3-11-22(15)20-16)19-14-7-5-13(6-8-14)18(24)21-9-1-2-10-21/h5-8,12H,1-4,9-11H2,(H,19,23). The zero-order valence-electron chi connectivity index (χ0n) is 13.5. The largest absolute Gasteiger partial charge is 0.339 e. The molecule has 2 amide bonds. The summed E-state index contributed by atoms with van der Waals surface area (Å²) in [4.78, 5) is 26.5. The van der Waals surface area contributed by atoms with Gasteiger partial charge >= 0.3 is 0 Å². The molecule has 2 aliphatic rings. The summed E-state index contributed by atoms with van der Waals surface area (Å²) in [6.45, 7) is 2.56. The average molecular weight is 324 g/mol. The van der Waals surface area contributed by atoms with Gasteiger partial charge in [0.15, 0.2) is 5.69 Å². The molecule has 1 saturated heterocycles. The second-order valence-electron chi connectivity index (χ2n) is 6.38. The molecule has 6 nitrogen and oxygen atoms in total. The maximum atomic E-state index is 12.3. The van der Waals surface area contributed by atoms with Crippen LogP contribution in [0.1, 0.15) is 45.8 Å². The van der Waals surface area contributed by atoms with E-state index < -0.39 is 0 Å². The topological polar surface area (TPSA) is 67.2 Å². The fourth-order valence-electron chi connectivity index (χ4n) is 3.37. The number of hydrogen-bond acceptors (Lipinski definition) is 3. The summed E-state index contributed by atoms with van der Waals surface area (Å²) in [6.07, 6.45) is 4.23. The lowest BCUT2D eigenvalue weighted by atomic mass is 10.2. The van der Waals surface area contributed by atoms with E-state index in [4.69, 9.17) is 0 Å². The van der Waals surface area contributed by atoms with Crippen LogP contribution < -0.4 is 5.32 Å². The molecule has 3 heterocycles. The van der Waals surface area contributed by atoms with Crippen molar-refractivity contribution in [3.63, 3.8) is 0 Å². The summed E-state index contributed by atoms with van der Waals surface area (Å²) < 4.78 is 1.90. The van der Waals surface area contributed by atoms with Gasteiger partial charge in [-0.05, 0) is 56.0 Å². The summed E-state index contributed by atoms with van der Waals surface area (Å²) in [5.41, 5.74) is 2.90. The lowest BCUT2D eigenvalue weighted by Gasteiger charge is -2.15. The third-order valence-corrected chi connectivity index (χ3v) is 4.68. The first-order chi connectivity index (χ1) is 11.7. The first-order valence-corrected chi connectivity index (χ1v) is 8.48. The highest BCUT2D eigenvalue weighted by molar-refractivity contribution is 6.03. The zero-order chi connectivity index (χ0) is 16.5. The molecule has 0 spiro atoms. The second-order valence-corrected chi connectivity index (χ2v) is 6.38. The predicted octanol–water partition coefficient (Wildman–Crippen LogP) is 2.32. The molecule has 0 radical (unpaired) electrons. The normalized spacial score (nSPS) is 16.2. The fraction of sp³-hybridized carbons (Fsp3) is 0.389. The molecule has 1 fully saturated rings. The van der Waals surface area contributed by atoms with Crippen LogP contribution in [0.4, 0.5) is 5.69 Å². The van der Waals surface area contributed by atoms with E-state index in [-0.39, 0.29) is 11.8 Å². The predicted molar refractivity (Wildman–Crippen MR) is 90.1 cm³/mol. The van der Waals surface area contributed by atoms with E-state index in [2.05, 4.69) is 10.4 Å². The zero-order valence-corrected chi connectivity index (χ0v) is 13.5. The van der Waals surface area contributed by atoms with E-state index >= 15 is 0 Å². The highest BCUT2D eigenvalue weighted by Crippen LogP contribution is 2.18. The summed E-state index contributed by atoms with van der Waals surface area (Å²) >= 11 is 0. The number of nitrogens with one attached hydrogen (secondary N) is 1. The fourth-order valence-corrected chi connectivity index (χ4v) is 3.37. The molecule has 0 saturated carbocycles. The summed E-state index contributed by atoms with van der Waals surface area (Å²) in [5, 5.41) is 7.17. The summed E-state index contributed by atoms with van der Waals surface area (Å²) in [6, 6.07) is 8.93. The minimum Gasteiger partial charge on any atom is -0.339 e. The van der Waals surface area contributed by atoms with E-state index in [0.29, 0.717) is 16.9 Å². The van der Waals surface area contributed by atoms with Crippen molar-refractivity contribution in [2.75, 3.05) is 18.4 Å². The average Bonchev–Trinajstić information content (AvgIpc) is 3.31. The van der Waals surface area contributed by atoms with Crippen LogP contribution in [0.15, 0.2) is 30.3 Å². The SMILES string of the molecule is O=C(Nc1ccc(C(=O)N2CCCC2)cc1)c1cc2n(n1)CCC2. The van der Waals surface area contributed by atoms with Crippen molar-refractivity contribution in [2.45, 2.75) is 32.2 Å². The Balaban J connectivity index is 1.42. The van der Waals surface area contributed by atoms with Gasteiger partial charge in [-0.1, -0.05) is 0 Å². The van der Waals surface area contributed by atoms with Gasteiger partial charge < -0.3 is 10.2 Å². The molecule has 1 aromatic carbocycles. The molecular weight excluding hydrogens is 304 g/mol. The van der Waals surface area contributed by atoms with Crippen LogP contribution in [0.3, 0.4) is 0 Å². The van der Waals surface area contributed by atoms with Crippen LogP contribution in [-0.2, 0) is 13.0 Å². The van der Waals surface area contributed by atoms with E-state index in [1.54, 1.807) is 24.3 Å². The molecule has 24 heavy (non-hydrogen) atoms. The quantitative estimate of drug-likeness (QED) is 0.942. The number of aromatic nitrogens is 2. The highest BCUT2D eigenvalue weighted by Gasteiger charge is 2.20. The van der Waals surface area contributed by atoms with E-state index in [9.17, 15) is 9.59 Å². The van der Waals surface area contributed by atoms with Crippen LogP contribution in [-0.4, -0.2) is 39.6 Å². The Morgan fingerprint density at radius 2 is 1.75 bits per heavy atom. The molecule has 0 aliphatic carbocycles. The number of aryl methyl sites for hydroxylation is 2. The Morgan fingerprint density at radius 3 is 2.46 bits per heavy atom. The number of rotatable bonds is 3. The van der Waals surface area contributed by atoms with Crippen LogP contribution in [0, 0.1) is 0 Å². The Morgan fingerprint density at radius 1 is 1.00 bits per heavy atom. The third kappa shape index (κ3) is 2.79. The Labute approximate surface area is 140 Å². The number of benzene rings is 1. The van der Waals surface area contributed by atoms with Gasteiger partial charge in [0.1, 0.15) is 0 Å². The van der Waals surface area contributed by atoms with Crippen LogP contribution in [0.5, 0.6) is 0 Å². The molecule has 0 atom stereocenters. The molecule has 0 bridgehead atoms. The van der Waals surface area contributed by atoms with Crippen molar-refractivity contribution < 1.29 is 9.59 Å². The number of hydrogen-bond donors (Lipinski definition) is 1. The summed E-state index contributed by atoms with van der Waals surface area (Å²) in [7, 11) is 0. The van der Waals surface area contributed by atoms with Gasteiger partial charge in [0.25, 0.3) is 11.8 Å². The molecular formula is C18H20N4O2. The summed E-state index contributed by atoms with van der Waals surface area (Å²) in [5.74, 6) is -0.147. The number of carbonyl (C=O) groups is 2. The van der Waals surface area contributed by atoms with Crippen molar-refractivity contribution >= 4 is 17.5 Å². The Bertz CT molecular complexity index is 751. The van der Waals surface area contributed by atoms with Crippen molar-refractivity contribution in [3.8, 4) is 0 Å². The van der Waals surface area contributed by atoms with Crippen molar-refractivity contribution in [3.05, 3.63) is 47.3 Å². The van der Waals surface area contributed by atoms with Gasteiger partial charge in [0, 0.05) is 36.6 Å². The van der Waals surface area contributed by atoms with E-state index in [0.717, 1.165) is 51.0 Å². The molecule has 4 rings (SSSR count). The molecule has 124 valence electrons. The molecule has 2 aliphatic heterocycles. The third-order valence-electron chi connectivity index (χ3n) is 4.68. The van der Waals surface area contributed by atoms with Gasteiger partial charge in [-0.15, -0.1) is 0 Å². The lowest BCUT2D eigenvalue weighted by molar-refractivity contribution is 0.0792. The van der Waals surface area contributed by atoms with Crippen LogP contribution in [0.2, 0.25) is 0 Å². The lowest BCUT2D eigenvalue weighted by Crippen LogP contribution is -2.27. The Hall–Kier alpha value is -2.63. The van der Waals surface area contributed by atoms with Crippen molar-refractivity contribution in [2.24, 2.45) is 0 Å². The maximum Gasteiger partial charge on any atom is 0.276 e. The monoisotopic (exact) mass is 324 g/mol. The molecule has 1 N–H and O–H groups in total. The number of amides is 2. The van der Waals surface area contributed by atoms with Gasteiger partial charge in [-0.2, -0.15) is 5.10 Å². The molecule has 0 unspecified atom stereocenters. The van der Waals surface area contributed by atoms with Gasteiger partial charge in [-0.25, -0.2) is 0 Å². The van der Waals surface area contributed by atoms with Crippen LogP contribution in [0.25, 0.3) is 0 Å².